The van der Waals surface area contributed by atoms with Gasteiger partial charge < -0.3 is 14.9 Å². The van der Waals surface area contributed by atoms with Gasteiger partial charge in [0.15, 0.2) is 5.82 Å². The average Bonchev–Trinajstić information content (AvgIpc) is 3.40. The molecule has 2 saturated heterocycles. The molecule has 0 radical (unpaired) electrons. The number of carbonyl (C=O) groups is 2. The van der Waals surface area contributed by atoms with Crippen molar-refractivity contribution in [2.24, 2.45) is 0 Å². The predicted molar refractivity (Wildman–Crippen MR) is 103 cm³/mol. The minimum Gasteiger partial charge on any atom is -0.483 e. The molecule has 0 saturated carbocycles. The highest BCUT2D eigenvalue weighted by Gasteiger charge is 2.28. The number of aromatic amines is 1. The molecule has 1 amide bonds. The third-order valence-corrected chi connectivity index (χ3v) is 5.18. The standard InChI is InChI=1S/C18H24N6O.CH2O2/c1-13-20-16(22-21-13)14-6-11-23(12-7-14)17-15(5-4-8-19-17)18(25)24-9-2-3-10-24;2-1-3/h4-5,8,14H,2-3,6-7,9-12H2,1H3,(H,20,21,22);1H,(H,2,3). The van der Waals surface area contributed by atoms with Crippen molar-refractivity contribution in [2.45, 2.75) is 38.5 Å². The number of piperidine rings is 1. The van der Waals surface area contributed by atoms with Crippen molar-refractivity contribution in [1.82, 2.24) is 25.1 Å². The summed E-state index contributed by atoms with van der Waals surface area (Å²) < 4.78 is 0. The molecule has 2 aromatic heterocycles. The van der Waals surface area contributed by atoms with Crippen molar-refractivity contribution in [1.29, 1.82) is 0 Å². The molecule has 0 spiro atoms. The Balaban J connectivity index is 0.000000706. The number of carbonyl (C=O) groups excluding carboxylic acids is 1. The highest BCUT2D eigenvalue weighted by Crippen LogP contribution is 2.30. The van der Waals surface area contributed by atoms with Crippen molar-refractivity contribution in [3.63, 3.8) is 0 Å². The van der Waals surface area contributed by atoms with E-state index in [2.05, 4.69) is 25.1 Å². The van der Waals surface area contributed by atoms with E-state index < -0.39 is 0 Å². The van der Waals surface area contributed by atoms with E-state index >= 15 is 0 Å². The number of hydrogen-bond acceptors (Lipinski definition) is 6. The highest BCUT2D eigenvalue weighted by molar-refractivity contribution is 5.99. The molecule has 0 aliphatic carbocycles. The van der Waals surface area contributed by atoms with Crippen molar-refractivity contribution >= 4 is 18.2 Å². The van der Waals surface area contributed by atoms with E-state index in [1.165, 1.54) is 0 Å². The quantitative estimate of drug-likeness (QED) is 0.773. The van der Waals surface area contributed by atoms with Crippen molar-refractivity contribution in [3.8, 4) is 0 Å². The van der Waals surface area contributed by atoms with Gasteiger partial charge in [0, 0.05) is 38.3 Å². The van der Waals surface area contributed by atoms with Crippen LogP contribution >= 0.6 is 0 Å². The molecule has 28 heavy (non-hydrogen) atoms. The lowest BCUT2D eigenvalue weighted by Gasteiger charge is -2.33. The molecule has 0 aromatic carbocycles. The summed E-state index contributed by atoms with van der Waals surface area (Å²) in [4.78, 5) is 34.4. The first-order valence-corrected chi connectivity index (χ1v) is 9.60. The Labute approximate surface area is 163 Å². The number of nitrogens with one attached hydrogen (secondary N) is 1. The van der Waals surface area contributed by atoms with E-state index in [0.717, 1.165) is 74.9 Å². The summed E-state index contributed by atoms with van der Waals surface area (Å²) in [5.74, 6) is 3.09. The number of pyridine rings is 1. The number of rotatable bonds is 3. The normalized spacial score (nSPS) is 17.2. The number of amides is 1. The molecule has 9 nitrogen and oxygen atoms in total. The molecular weight excluding hydrogens is 360 g/mol. The van der Waals surface area contributed by atoms with Crippen LogP contribution in [0.2, 0.25) is 0 Å². The van der Waals surface area contributed by atoms with Gasteiger partial charge in [0.2, 0.25) is 0 Å². The number of aryl methyl sites for hydroxylation is 1. The summed E-state index contributed by atoms with van der Waals surface area (Å²) in [6.45, 7) is 5.14. The molecule has 2 N–H and O–H groups in total. The van der Waals surface area contributed by atoms with Crippen LogP contribution < -0.4 is 4.90 Å². The molecule has 2 aromatic rings. The van der Waals surface area contributed by atoms with Gasteiger partial charge in [0.25, 0.3) is 12.4 Å². The van der Waals surface area contributed by atoms with Crippen LogP contribution in [0.1, 0.15) is 53.6 Å². The van der Waals surface area contributed by atoms with E-state index in [1.54, 1.807) is 6.20 Å². The van der Waals surface area contributed by atoms with Crippen LogP contribution in [0.15, 0.2) is 18.3 Å². The largest absolute Gasteiger partial charge is 0.483 e. The number of nitrogens with zero attached hydrogens (tertiary/aromatic N) is 5. The maximum atomic E-state index is 12.8. The third-order valence-electron chi connectivity index (χ3n) is 5.18. The first kappa shape index (κ1) is 19.8. The lowest BCUT2D eigenvalue weighted by atomic mass is 9.96. The van der Waals surface area contributed by atoms with Gasteiger partial charge in [-0.05, 0) is 44.7 Å². The summed E-state index contributed by atoms with van der Waals surface area (Å²) in [5.41, 5.74) is 0.733. The monoisotopic (exact) mass is 386 g/mol. The maximum absolute atomic E-state index is 12.8. The second-order valence-corrected chi connectivity index (χ2v) is 7.02. The Morgan fingerprint density at radius 3 is 2.54 bits per heavy atom. The zero-order valence-electron chi connectivity index (χ0n) is 16.0. The van der Waals surface area contributed by atoms with Crippen LogP contribution in [-0.4, -0.2) is 68.7 Å². The number of carboxylic acid groups (broad SMARTS) is 1. The van der Waals surface area contributed by atoms with Crippen LogP contribution in [0.3, 0.4) is 0 Å². The second kappa shape index (κ2) is 9.29. The average molecular weight is 386 g/mol. The fourth-order valence-electron chi connectivity index (χ4n) is 3.80. The Hall–Kier alpha value is -2.97. The number of H-pyrrole nitrogens is 1. The third kappa shape index (κ3) is 4.47. The molecule has 2 aliphatic heterocycles. The second-order valence-electron chi connectivity index (χ2n) is 7.02. The number of hydrogen-bond donors (Lipinski definition) is 2. The lowest BCUT2D eigenvalue weighted by molar-refractivity contribution is -0.122. The van der Waals surface area contributed by atoms with Gasteiger partial charge in [-0.15, -0.1) is 0 Å². The molecule has 2 aliphatic rings. The topological polar surface area (TPSA) is 115 Å². The zero-order valence-corrected chi connectivity index (χ0v) is 16.0. The van der Waals surface area contributed by atoms with E-state index in [1.807, 2.05) is 24.0 Å². The van der Waals surface area contributed by atoms with E-state index in [0.29, 0.717) is 5.92 Å². The van der Waals surface area contributed by atoms with Crippen LogP contribution in [0.5, 0.6) is 0 Å². The fraction of sp³-hybridized carbons (Fsp3) is 0.526. The Morgan fingerprint density at radius 1 is 1.25 bits per heavy atom. The summed E-state index contributed by atoms with van der Waals surface area (Å²) in [7, 11) is 0. The summed E-state index contributed by atoms with van der Waals surface area (Å²) in [6, 6.07) is 3.77. The van der Waals surface area contributed by atoms with Gasteiger partial charge in [-0.3, -0.25) is 14.7 Å². The smallest absolute Gasteiger partial charge is 0.290 e. The van der Waals surface area contributed by atoms with Crippen LogP contribution in [0.4, 0.5) is 5.82 Å². The van der Waals surface area contributed by atoms with Gasteiger partial charge in [0.05, 0.1) is 5.56 Å². The maximum Gasteiger partial charge on any atom is 0.290 e. The molecule has 4 heterocycles. The predicted octanol–water partition coefficient (Wildman–Crippen LogP) is 1.83. The molecular formula is C19H26N6O3. The highest BCUT2D eigenvalue weighted by atomic mass is 16.3. The van der Waals surface area contributed by atoms with Gasteiger partial charge in [0.1, 0.15) is 11.6 Å². The van der Waals surface area contributed by atoms with E-state index in [-0.39, 0.29) is 12.4 Å². The van der Waals surface area contributed by atoms with Crippen molar-refractivity contribution < 1.29 is 14.7 Å². The van der Waals surface area contributed by atoms with E-state index in [9.17, 15) is 4.79 Å². The zero-order chi connectivity index (χ0) is 19.9. The number of anilines is 1. The summed E-state index contributed by atoms with van der Waals surface area (Å²) in [6.07, 6.45) is 5.93. The fourth-order valence-corrected chi connectivity index (χ4v) is 3.80. The molecule has 0 atom stereocenters. The Kier molecular flexibility index (Phi) is 6.57. The minimum absolute atomic E-state index is 0.118. The summed E-state index contributed by atoms with van der Waals surface area (Å²) in [5, 5.41) is 14.1. The molecule has 4 rings (SSSR count). The van der Waals surface area contributed by atoms with Gasteiger partial charge in [-0.1, -0.05) is 0 Å². The van der Waals surface area contributed by atoms with Gasteiger partial charge in [-0.2, -0.15) is 5.10 Å². The van der Waals surface area contributed by atoms with Crippen LogP contribution in [0, 0.1) is 6.92 Å². The Bertz CT molecular complexity index is 794. The SMILES string of the molecule is Cc1nc(C2CCN(c3ncccc3C(=O)N3CCCC3)CC2)n[nH]1.O=CO. The minimum atomic E-state index is -0.250. The summed E-state index contributed by atoms with van der Waals surface area (Å²) >= 11 is 0. The number of likely N-dealkylation sites (tertiary alicyclic amines) is 1. The molecule has 150 valence electrons. The first-order valence-electron chi connectivity index (χ1n) is 9.60. The first-order chi connectivity index (χ1) is 13.6. The Morgan fingerprint density at radius 2 is 1.93 bits per heavy atom. The number of aromatic nitrogens is 4. The molecule has 0 bridgehead atoms. The molecule has 9 heteroatoms. The molecule has 0 unspecified atom stereocenters. The molecule has 2 fully saturated rings. The van der Waals surface area contributed by atoms with Gasteiger partial charge >= 0.3 is 0 Å². The van der Waals surface area contributed by atoms with E-state index in [4.69, 9.17) is 9.90 Å². The van der Waals surface area contributed by atoms with Crippen LogP contribution in [0.25, 0.3) is 0 Å². The van der Waals surface area contributed by atoms with Gasteiger partial charge in [-0.25, -0.2) is 9.97 Å². The lowest BCUT2D eigenvalue weighted by Crippen LogP contribution is -2.36. The van der Waals surface area contributed by atoms with Crippen LogP contribution in [-0.2, 0) is 4.79 Å². The van der Waals surface area contributed by atoms with Crippen molar-refractivity contribution in [3.05, 3.63) is 35.5 Å². The van der Waals surface area contributed by atoms with Crippen molar-refractivity contribution in [2.75, 3.05) is 31.1 Å².